The number of nitrogens with one attached hydrogen (secondary N) is 2. The van der Waals surface area contributed by atoms with Gasteiger partial charge in [0.15, 0.2) is 5.69 Å². The van der Waals surface area contributed by atoms with Gasteiger partial charge in [-0.15, -0.1) is 5.10 Å². The molecule has 3 amide bonds. The summed E-state index contributed by atoms with van der Waals surface area (Å²) in [6.07, 6.45) is 1.40. The van der Waals surface area contributed by atoms with Crippen molar-refractivity contribution in [1.29, 1.82) is 0 Å². The standard InChI is InChI=1S/C9H13N5O4/c1-10-9(17)11-7(15)3-4-14-5-6(12-13-14)8(16)18-2/h5H,3-4H2,1-2H3,(H2,10,11,15,17). The molecule has 0 radical (unpaired) electrons. The molecule has 0 unspecified atom stereocenters. The van der Waals surface area contributed by atoms with Gasteiger partial charge in [-0.2, -0.15) is 0 Å². The Labute approximate surface area is 102 Å². The Morgan fingerprint density at radius 3 is 2.78 bits per heavy atom. The van der Waals surface area contributed by atoms with Crippen molar-refractivity contribution in [2.75, 3.05) is 14.2 Å². The van der Waals surface area contributed by atoms with Gasteiger partial charge in [0.1, 0.15) is 0 Å². The van der Waals surface area contributed by atoms with E-state index in [1.165, 1.54) is 25.0 Å². The number of ether oxygens (including phenoxy) is 1. The Hall–Kier alpha value is -2.45. The molecule has 2 N–H and O–H groups in total. The van der Waals surface area contributed by atoms with Crippen LogP contribution < -0.4 is 10.6 Å². The normalized spacial score (nSPS) is 9.67. The van der Waals surface area contributed by atoms with Crippen LogP contribution in [-0.2, 0) is 16.1 Å². The lowest BCUT2D eigenvalue weighted by Crippen LogP contribution is -2.37. The van der Waals surface area contributed by atoms with Gasteiger partial charge in [-0.3, -0.25) is 14.8 Å². The lowest BCUT2D eigenvalue weighted by Gasteiger charge is -2.02. The first-order valence-electron chi connectivity index (χ1n) is 5.07. The minimum absolute atomic E-state index is 0.0391. The van der Waals surface area contributed by atoms with Gasteiger partial charge in [0, 0.05) is 13.5 Å². The summed E-state index contributed by atoms with van der Waals surface area (Å²) >= 11 is 0. The molecule has 9 heteroatoms. The lowest BCUT2D eigenvalue weighted by molar-refractivity contribution is -0.120. The van der Waals surface area contributed by atoms with Crippen molar-refractivity contribution in [3.8, 4) is 0 Å². The van der Waals surface area contributed by atoms with Crippen molar-refractivity contribution >= 4 is 17.9 Å². The molecular weight excluding hydrogens is 242 g/mol. The van der Waals surface area contributed by atoms with Crippen LogP contribution in [-0.4, -0.2) is 47.1 Å². The molecule has 9 nitrogen and oxygen atoms in total. The average molecular weight is 255 g/mol. The monoisotopic (exact) mass is 255 g/mol. The molecule has 1 aromatic heterocycles. The van der Waals surface area contributed by atoms with E-state index in [1.807, 2.05) is 0 Å². The highest BCUT2D eigenvalue weighted by molar-refractivity contribution is 5.94. The largest absolute Gasteiger partial charge is 0.464 e. The van der Waals surface area contributed by atoms with Crippen LogP contribution in [0.25, 0.3) is 0 Å². The molecule has 0 saturated heterocycles. The molecule has 1 heterocycles. The Balaban J connectivity index is 2.44. The summed E-state index contributed by atoms with van der Waals surface area (Å²) in [7, 11) is 2.64. The number of carbonyl (C=O) groups excluding carboxylic acids is 3. The molecule has 0 aromatic carbocycles. The molecule has 0 fully saturated rings. The first-order valence-corrected chi connectivity index (χ1v) is 5.07. The highest BCUT2D eigenvalue weighted by Crippen LogP contribution is 1.96. The Morgan fingerprint density at radius 1 is 1.44 bits per heavy atom. The van der Waals surface area contributed by atoms with Crippen LogP contribution >= 0.6 is 0 Å². The summed E-state index contributed by atoms with van der Waals surface area (Å²) in [6, 6.07) is -0.575. The molecule has 0 aliphatic carbocycles. The second-order valence-corrected chi connectivity index (χ2v) is 3.24. The van der Waals surface area contributed by atoms with Crippen molar-refractivity contribution < 1.29 is 19.1 Å². The molecule has 0 atom stereocenters. The van der Waals surface area contributed by atoms with Gasteiger partial charge in [-0.25, -0.2) is 9.59 Å². The summed E-state index contributed by atoms with van der Waals surface area (Å²) in [5, 5.41) is 11.6. The number of esters is 1. The number of amides is 3. The number of imide groups is 1. The molecule has 1 rings (SSSR count). The van der Waals surface area contributed by atoms with Gasteiger partial charge in [0.25, 0.3) is 0 Å². The molecule has 0 aliphatic rings. The van der Waals surface area contributed by atoms with Crippen LogP contribution in [0.1, 0.15) is 16.9 Å². The summed E-state index contributed by atoms with van der Waals surface area (Å²) in [5.74, 6) is -1.06. The first-order chi connectivity index (χ1) is 8.56. The third-order valence-corrected chi connectivity index (χ3v) is 1.98. The highest BCUT2D eigenvalue weighted by atomic mass is 16.5. The van der Waals surface area contributed by atoms with Gasteiger partial charge in [-0.1, -0.05) is 5.21 Å². The fourth-order valence-electron chi connectivity index (χ4n) is 1.07. The van der Waals surface area contributed by atoms with Crippen molar-refractivity contribution in [3.05, 3.63) is 11.9 Å². The maximum atomic E-state index is 11.3. The summed E-state index contributed by atoms with van der Waals surface area (Å²) in [6.45, 7) is 0.201. The van der Waals surface area contributed by atoms with Crippen molar-refractivity contribution in [2.45, 2.75) is 13.0 Å². The summed E-state index contributed by atoms with van der Waals surface area (Å²) in [5.41, 5.74) is 0.0595. The minimum atomic E-state index is -0.601. The summed E-state index contributed by atoms with van der Waals surface area (Å²) in [4.78, 5) is 33.2. The number of nitrogens with zero attached hydrogens (tertiary/aromatic N) is 3. The van der Waals surface area contributed by atoms with Crippen molar-refractivity contribution in [1.82, 2.24) is 25.6 Å². The lowest BCUT2D eigenvalue weighted by atomic mass is 10.4. The molecule has 98 valence electrons. The van der Waals surface area contributed by atoms with E-state index in [0.29, 0.717) is 0 Å². The van der Waals surface area contributed by atoms with Crippen LogP contribution in [0.2, 0.25) is 0 Å². The zero-order valence-electron chi connectivity index (χ0n) is 9.97. The van der Waals surface area contributed by atoms with Gasteiger partial charge in [0.2, 0.25) is 5.91 Å². The van der Waals surface area contributed by atoms with Crippen LogP contribution in [0.5, 0.6) is 0 Å². The zero-order chi connectivity index (χ0) is 13.5. The summed E-state index contributed by atoms with van der Waals surface area (Å²) < 4.78 is 5.77. The molecule has 0 aliphatic heterocycles. The van der Waals surface area contributed by atoms with Crippen molar-refractivity contribution in [2.24, 2.45) is 0 Å². The second-order valence-electron chi connectivity index (χ2n) is 3.24. The number of rotatable bonds is 4. The second kappa shape index (κ2) is 6.33. The first kappa shape index (κ1) is 13.6. The number of urea groups is 1. The molecule has 18 heavy (non-hydrogen) atoms. The predicted octanol–water partition coefficient (Wildman–Crippen LogP) is -1.09. The predicted molar refractivity (Wildman–Crippen MR) is 58.6 cm³/mol. The van der Waals surface area contributed by atoms with Crippen LogP contribution in [0.15, 0.2) is 6.20 Å². The van der Waals surface area contributed by atoms with Crippen LogP contribution in [0.4, 0.5) is 4.79 Å². The van der Waals surface area contributed by atoms with E-state index < -0.39 is 17.9 Å². The Morgan fingerprint density at radius 2 is 2.17 bits per heavy atom. The number of hydrogen-bond donors (Lipinski definition) is 2. The van der Waals surface area contributed by atoms with Crippen LogP contribution in [0, 0.1) is 0 Å². The molecular formula is C9H13N5O4. The van der Waals surface area contributed by atoms with E-state index in [2.05, 4.69) is 25.7 Å². The van der Waals surface area contributed by atoms with Crippen molar-refractivity contribution in [3.63, 3.8) is 0 Å². The number of hydrogen-bond acceptors (Lipinski definition) is 6. The van der Waals surface area contributed by atoms with E-state index in [4.69, 9.17) is 0 Å². The quantitative estimate of drug-likeness (QED) is 0.660. The minimum Gasteiger partial charge on any atom is -0.464 e. The molecule has 0 spiro atoms. The number of aryl methyl sites for hydroxylation is 1. The maximum Gasteiger partial charge on any atom is 0.360 e. The van der Waals surface area contributed by atoms with E-state index >= 15 is 0 Å². The Bertz CT molecular complexity index is 456. The Kier molecular flexibility index (Phi) is 4.78. The van der Waals surface area contributed by atoms with Crippen LogP contribution in [0.3, 0.4) is 0 Å². The number of methoxy groups -OCH3 is 1. The molecule has 1 aromatic rings. The highest BCUT2D eigenvalue weighted by Gasteiger charge is 2.11. The van der Waals surface area contributed by atoms with Gasteiger partial charge in [-0.05, 0) is 0 Å². The smallest absolute Gasteiger partial charge is 0.360 e. The third kappa shape index (κ3) is 3.85. The number of aromatic nitrogens is 3. The van der Waals surface area contributed by atoms with E-state index in [-0.39, 0.29) is 18.7 Å². The maximum absolute atomic E-state index is 11.3. The average Bonchev–Trinajstić information content (AvgIpc) is 2.84. The fraction of sp³-hybridized carbons (Fsp3) is 0.444. The number of carbonyl (C=O) groups is 3. The van der Waals surface area contributed by atoms with Gasteiger partial charge in [0.05, 0.1) is 19.9 Å². The van der Waals surface area contributed by atoms with E-state index in [1.54, 1.807) is 0 Å². The van der Waals surface area contributed by atoms with E-state index in [9.17, 15) is 14.4 Å². The van der Waals surface area contributed by atoms with E-state index in [0.717, 1.165) is 0 Å². The third-order valence-electron chi connectivity index (χ3n) is 1.98. The molecule has 0 bridgehead atoms. The topological polar surface area (TPSA) is 115 Å². The van der Waals surface area contributed by atoms with Gasteiger partial charge >= 0.3 is 12.0 Å². The SMILES string of the molecule is CNC(=O)NC(=O)CCn1cc(C(=O)OC)nn1. The zero-order valence-corrected chi connectivity index (χ0v) is 9.97. The fourth-order valence-corrected chi connectivity index (χ4v) is 1.07. The molecule has 0 saturated carbocycles. The van der Waals surface area contributed by atoms with Gasteiger partial charge < -0.3 is 10.1 Å².